The molecule has 1 unspecified atom stereocenters. The van der Waals surface area contributed by atoms with Crippen LogP contribution in [-0.2, 0) is 12.8 Å². The third kappa shape index (κ3) is 3.51. The molecule has 1 atom stereocenters. The van der Waals surface area contributed by atoms with Crippen molar-refractivity contribution in [1.82, 2.24) is 9.97 Å². The summed E-state index contributed by atoms with van der Waals surface area (Å²) >= 11 is 0. The van der Waals surface area contributed by atoms with Crippen LogP contribution < -0.4 is 0 Å². The Morgan fingerprint density at radius 1 is 1.38 bits per heavy atom. The first-order valence-corrected chi connectivity index (χ1v) is 4.70. The van der Waals surface area contributed by atoms with Crippen LogP contribution in [0, 0.1) is 0 Å². The van der Waals surface area contributed by atoms with Crippen LogP contribution in [0.2, 0.25) is 0 Å². The summed E-state index contributed by atoms with van der Waals surface area (Å²) in [6.45, 7) is 3.89. The minimum absolute atomic E-state index is 0.329. The van der Waals surface area contributed by atoms with E-state index in [1.54, 1.807) is 13.3 Å². The van der Waals surface area contributed by atoms with Crippen LogP contribution in [0.3, 0.4) is 0 Å². The summed E-state index contributed by atoms with van der Waals surface area (Å²) < 4.78 is 0. The Morgan fingerprint density at radius 3 is 2.69 bits per heavy atom. The smallest absolute Gasteiger partial charge is 0.115 e. The molecule has 0 spiro atoms. The highest BCUT2D eigenvalue weighted by Crippen LogP contribution is 2.03. The van der Waals surface area contributed by atoms with Crippen LogP contribution >= 0.6 is 0 Å². The minimum Gasteiger partial charge on any atom is -0.393 e. The van der Waals surface area contributed by atoms with Crippen molar-refractivity contribution in [2.45, 2.75) is 39.2 Å². The zero-order valence-corrected chi connectivity index (χ0v) is 8.20. The van der Waals surface area contributed by atoms with E-state index in [2.05, 4.69) is 16.9 Å². The van der Waals surface area contributed by atoms with Gasteiger partial charge >= 0.3 is 0 Å². The van der Waals surface area contributed by atoms with Gasteiger partial charge in [-0.05, 0) is 19.4 Å². The molecule has 1 rings (SSSR count). The van der Waals surface area contributed by atoms with Gasteiger partial charge in [0.25, 0.3) is 0 Å². The molecule has 0 amide bonds. The van der Waals surface area contributed by atoms with Gasteiger partial charge < -0.3 is 5.11 Å². The average Bonchev–Trinajstić information content (AvgIpc) is 2.04. The lowest BCUT2D eigenvalue weighted by Gasteiger charge is -2.04. The van der Waals surface area contributed by atoms with Crippen molar-refractivity contribution >= 4 is 0 Å². The van der Waals surface area contributed by atoms with Crippen molar-refractivity contribution in [3.05, 3.63) is 23.8 Å². The standard InChI is InChI=1S/C10H16N2O/c1-3-4-9-6-10(5-8(2)13)12-7-11-9/h6-8,13H,3-5H2,1-2H3. The first-order valence-electron chi connectivity index (χ1n) is 4.70. The molecule has 0 fully saturated rings. The van der Waals surface area contributed by atoms with Gasteiger partial charge in [0.15, 0.2) is 0 Å². The summed E-state index contributed by atoms with van der Waals surface area (Å²) in [5.41, 5.74) is 1.99. The van der Waals surface area contributed by atoms with Crippen LogP contribution in [0.4, 0.5) is 0 Å². The molecule has 1 N–H and O–H groups in total. The van der Waals surface area contributed by atoms with E-state index in [0.29, 0.717) is 6.42 Å². The molecular formula is C10H16N2O. The molecule has 0 aromatic carbocycles. The molecule has 0 aliphatic heterocycles. The van der Waals surface area contributed by atoms with Crippen molar-refractivity contribution in [2.24, 2.45) is 0 Å². The molecule has 0 bridgehead atoms. The van der Waals surface area contributed by atoms with Crippen molar-refractivity contribution in [3.63, 3.8) is 0 Å². The van der Waals surface area contributed by atoms with Crippen LogP contribution in [0.1, 0.15) is 31.7 Å². The molecule has 0 radical (unpaired) electrons. The van der Waals surface area contributed by atoms with Crippen molar-refractivity contribution in [3.8, 4) is 0 Å². The number of aliphatic hydroxyl groups is 1. The number of aryl methyl sites for hydroxylation is 1. The average molecular weight is 180 g/mol. The van der Waals surface area contributed by atoms with E-state index in [0.717, 1.165) is 24.2 Å². The van der Waals surface area contributed by atoms with Crippen molar-refractivity contribution < 1.29 is 5.11 Å². The minimum atomic E-state index is -0.329. The molecule has 1 aromatic rings. The largest absolute Gasteiger partial charge is 0.393 e. The quantitative estimate of drug-likeness (QED) is 0.760. The number of nitrogens with zero attached hydrogens (tertiary/aromatic N) is 2. The molecule has 0 saturated carbocycles. The number of aliphatic hydroxyl groups excluding tert-OH is 1. The molecule has 0 aliphatic rings. The number of rotatable bonds is 4. The number of hydrogen-bond acceptors (Lipinski definition) is 3. The molecule has 1 heterocycles. The van der Waals surface area contributed by atoms with Gasteiger partial charge in [0.1, 0.15) is 6.33 Å². The van der Waals surface area contributed by atoms with Gasteiger partial charge in [-0.15, -0.1) is 0 Å². The van der Waals surface area contributed by atoms with Crippen LogP contribution in [0.25, 0.3) is 0 Å². The molecule has 1 aromatic heterocycles. The Bertz CT molecular complexity index is 261. The Balaban J connectivity index is 2.67. The van der Waals surface area contributed by atoms with Gasteiger partial charge in [-0.2, -0.15) is 0 Å². The highest BCUT2D eigenvalue weighted by Gasteiger charge is 2.01. The van der Waals surface area contributed by atoms with Gasteiger partial charge in [0.2, 0.25) is 0 Å². The molecule has 3 heteroatoms. The number of hydrogen-bond donors (Lipinski definition) is 1. The lowest BCUT2D eigenvalue weighted by atomic mass is 10.1. The Kier molecular flexibility index (Phi) is 3.83. The maximum Gasteiger partial charge on any atom is 0.115 e. The van der Waals surface area contributed by atoms with E-state index in [4.69, 9.17) is 5.11 Å². The lowest BCUT2D eigenvalue weighted by Crippen LogP contribution is -2.07. The second-order valence-electron chi connectivity index (χ2n) is 3.30. The number of aromatic nitrogens is 2. The topological polar surface area (TPSA) is 46.0 Å². The predicted molar refractivity (Wildman–Crippen MR) is 51.4 cm³/mol. The van der Waals surface area contributed by atoms with Crippen LogP contribution in [-0.4, -0.2) is 21.2 Å². The van der Waals surface area contributed by atoms with E-state index in [-0.39, 0.29) is 6.10 Å². The second kappa shape index (κ2) is 4.92. The summed E-state index contributed by atoms with van der Waals surface area (Å²) in [7, 11) is 0. The summed E-state index contributed by atoms with van der Waals surface area (Å²) in [5.74, 6) is 0. The van der Waals surface area contributed by atoms with Crippen LogP contribution in [0.5, 0.6) is 0 Å². The summed E-state index contributed by atoms with van der Waals surface area (Å²) in [4.78, 5) is 8.23. The molecule has 0 aliphatic carbocycles. The van der Waals surface area contributed by atoms with E-state index >= 15 is 0 Å². The highest BCUT2D eigenvalue weighted by atomic mass is 16.3. The predicted octanol–water partition coefficient (Wildman–Crippen LogP) is 1.35. The molecule has 0 saturated heterocycles. The Labute approximate surface area is 78.9 Å². The SMILES string of the molecule is CCCc1cc(CC(C)O)ncn1. The highest BCUT2D eigenvalue weighted by molar-refractivity contribution is 5.08. The molecule has 3 nitrogen and oxygen atoms in total. The van der Waals surface area contributed by atoms with E-state index in [9.17, 15) is 0 Å². The van der Waals surface area contributed by atoms with Gasteiger partial charge in [-0.1, -0.05) is 13.3 Å². The molecular weight excluding hydrogens is 164 g/mol. The van der Waals surface area contributed by atoms with E-state index < -0.39 is 0 Å². The Hall–Kier alpha value is -0.960. The van der Waals surface area contributed by atoms with E-state index in [1.165, 1.54) is 0 Å². The first kappa shape index (κ1) is 10.1. The van der Waals surface area contributed by atoms with Crippen LogP contribution in [0.15, 0.2) is 12.4 Å². The third-order valence-electron chi connectivity index (χ3n) is 1.79. The summed E-state index contributed by atoms with van der Waals surface area (Å²) in [6.07, 6.45) is 3.92. The third-order valence-corrected chi connectivity index (χ3v) is 1.79. The van der Waals surface area contributed by atoms with Gasteiger partial charge in [0, 0.05) is 17.8 Å². The fourth-order valence-corrected chi connectivity index (χ4v) is 1.25. The van der Waals surface area contributed by atoms with Crippen molar-refractivity contribution in [2.75, 3.05) is 0 Å². The fourth-order valence-electron chi connectivity index (χ4n) is 1.25. The summed E-state index contributed by atoms with van der Waals surface area (Å²) in [5, 5.41) is 9.17. The van der Waals surface area contributed by atoms with E-state index in [1.807, 2.05) is 6.07 Å². The fraction of sp³-hybridized carbons (Fsp3) is 0.600. The zero-order valence-electron chi connectivity index (χ0n) is 8.20. The zero-order chi connectivity index (χ0) is 9.68. The lowest BCUT2D eigenvalue weighted by molar-refractivity contribution is 0.194. The second-order valence-corrected chi connectivity index (χ2v) is 3.30. The molecule has 72 valence electrons. The normalized spacial score (nSPS) is 12.8. The first-order chi connectivity index (χ1) is 6.22. The van der Waals surface area contributed by atoms with Gasteiger partial charge in [0.05, 0.1) is 6.10 Å². The maximum atomic E-state index is 9.17. The Morgan fingerprint density at radius 2 is 2.08 bits per heavy atom. The molecule has 13 heavy (non-hydrogen) atoms. The van der Waals surface area contributed by atoms with Gasteiger partial charge in [-0.3, -0.25) is 0 Å². The van der Waals surface area contributed by atoms with Gasteiger partial charge in [-0.25, -0.2) is 9.97 Å². The monoisotopic (exact) mass is 180 g/mol. The summed E-state index contributed by atoms with van der Waals surface area (Å²) in [6, 6.07) is 1.97. The van der Waals surface area contributed by atoms with Crippen molar-refractivity contribution in [1.29, 1.82) is 0 Å². The maximum absolute atomic E-state index is 9.17.